The molecule has 0 fully saturated rings. The summed E-state index contributed by atoms with van der Waals surface area (Å²) >= 11 is 0. The van der Waals surface area contributed by atoms with Gasteiger partial charge in [0, 0.05) is 11.5 Å². The van der Waals surface area contributed by atoms with Crippen molar-refractivity contribution < 1.29 is 15.3 Å². The fourth-order valence-electron chi connectivity index (χ4n) is 2.39. The molecule has 3 aromatic carbocycles. The van der Waals surface area contributed by atoms with Gasteiger partial charge in [-0.2, -0.15) is 0 Å². The summed E-state index contributed by atoms with van der Waals surface area (Å²) in [6.07, 6.45) is 0. The minimum absolute atomic E-state index is 0.0328. The highest BCUT2D eigenvalue weighted by atomic mass is 16.3. The van der Waals surface area contributed by atoms with Crippen LogP contribution in [0.2, 0.25) is 0 Å². The van der Waals surface area contributed by atoms with E-state index in [9.17, 15) is 5.11 Å². The second-order valence-corrected chi connectivity index (χ2v) is 6.06. The number of phenols is 3. The Hall–Kier alpha value is -2.94. The third-order valence-corrected chi connectivity index (χ3v) is 3.91. The van der Waals surface area contributed by atoms with E-state index in [4.69, 9.17) is 10.2 Å². The molecule has 0 atom stereocenters. The second-order valence-electron chi connectivity index (χ2n) is 6.06. The Kier molecular flexibility index (Phi) is 5.48. The van der Waals surface area contributed by atoms with Crippen molar-refractivity contribution in [2.75, 3.05) is 0 Å². The molecular weight excluding hydrogens is 300 g/mol. The fraction of sp³-hybridized carbons (Fsp3) is 0.143. The summed E-state index contributed by atoms with van der Waals surface area (Å²) in [5, 5.41) is 26.6. The molecule has 0 saturated heterocycles. The van der Waals surface area contributed by atoms with Crippen LogP contribution in [0, 0.1) is 0 Å². The molecule has 0 aromatic heterocycles. The number of aromatic hydroxyl groups is 3. The standard InChI is InChI=1S/C15H16O.C6H6O2/c1-15(2,12-6-4-3-5-7-12)13-8-10-14(16)11-9-13;7-5-2-1-3-6(8)4-5/h3-11,16H,1-2H3;1-4,7-8H. The summed E-state index contributed by atoms with van der Waals surface area (Å²) in [4.78, 5) is 0. The average Bonchev–Trinajstić information content (AvgIpc) is 2.56. The van der Waals surface area contributed by atoms with Crippen LogP contribution in [0.25, 0.3) is 0 Å². The zero-order chi connectivity index (χ0) is 17.6. The first kappa shape index (κ1) is 17.4. The minimum Gasteiger partial charge on any atom is -0.508 e. The highest BCUT2D eigenvalue weighted by Crippen LogP contribution is 2.31. The molecule has 0 bridgehead atoms. The number of benzene rings is 3. The summed E-state index contributed by atoms with van der Waals surface area (Å²) in [6, 6.07) is 23.7. The van der Waals surface area contributed by atoms with Gasteiger partial charge < -0.3 is 15.3 Å². The van der Waals surface area contributed by atoms with Gasteiger partial charge in [-0.15, -0.1) is 0 Å². The zero-order valence-electron chi connectivity index (χ0n) is 13.8. The largest absolute Gasteiger partial charge is 0.508 e. The van der Waals surface area contributed by atoms with Gasteiger partial charge in [0.25, 0.3) is 0 Å². The Morgan fingerprint density at radius 2 is 1.04 bits per heavy atom. The van der Waals surface area contributed by atoms with E-state index >= 15 is 0 Å². The van der Waals surface area contributed by atoms with Crippen LogP contribution in [0.5, 0.6) is 17.2 Å². The van der Waals surface area contributed by atoms with Crippen LogP contribution in [0.4, 0.5) is 0 Å². The Morgan fingerprint density at radius 1 is 0.542 bits per heavy atom. The molecule has 3 N–H and O–H groups in total. The van der Waals surface area contributed by atoms with Crippen molar-refractivity contribution in [3.8, 4) is 17.2 Å². The van der Waals surface area contributed by atoms with Crippen molar-refractivity contribution in [2.45, 2.75) is 19.3 Å². The molecule has 0 saturated carbocycles. The van der Waals surface area contributed by atoms with E-state index in [2.05, 4.69) is 38.1 Å². The van der Waals surface area contributed by atoms with Gasteiger partial charge in [-0.25, -0.2) is 0 Å². The van der Waals surface area contributed by atoms with Crippen LogP contribution < -0.4 is 0 Å². The maximum Gasteiger partial charge on any atom is 0.119 e. The lowest BCUT2D eigenvalue weighted by Gasteiger charge is -2.26. The van der Waals surface area contributed by atoms with E-state index in [0.717, 1.165) is 0 Å². The van der Waals surface area contributed by atoms with Gasteiger partial charge in [-0.3, -0.25) is 0 Å². The molecule has 24 heavy (non-hydrogen) atoms. The molecule has 0 radical (unpaired) electrons. The topological polar surface area (TPSA) is 60.7 Å². The third kappa shape index (κ3) is 4.53. The molecule has 3 aromatic rings. The van der Waals surface area contributed by atoms with Gasteiger partial charge in [0.05, 0.1) is 0 Å². The third-order valence-electron chi connectivity index (χ3n) is 3.91. The number of hydrogen-bond acceptors (Lipinski definition) is 3. The molecule has 3 nitrogen and oxygen atoms in total. The molecule has 0 aliphatic heterocycles. The maximum atomic E-state index is 9.29. The first-order chi connectivity index (χ1) is 11.4. The smallest absolute Gasteiger partial charge is 0.119 e. The number of phenolic OH excluding ortho intramolecular Hbond substituents is 3. The first-order valence-corrected chi connectivity index (χ1v) is 7.72. The molecule has 0 aliphatic rings. The van der Waals surface area contributed by atoms with E-state index < -0.39 is 0 Å². The Morgan fingerprint density at radius 3 is 1.50 bits per heavy atom. The summed E-state index contributed by atoms with van der Waals surface area (Å²) in [5.41, 5.74) is 2.45. The van der Waals surface area contributed by atoms with Gasteiger partial charge in [0.2, 0.25) is 0 Å². The monoisotopic (exact) mass is 322 g/mol. The lowest BCUT2D eigenvalue weighted by atomic mass is 9.78. The van der Waals surface area contributed by atoms with Crippen molar-refractivity contribution in [1.82, 2.24) is 0 Å². The Labute approximate surface area is 142 Å². The molecular formula is C21H22O3. The van der Waals surface area contributed by atoms with Gasteiger partial charge in [0.15, 0.2) is 0 Å². The molecule has 0 amide bonds. The SMILES string of the molecule is CC(C)(c1ccccc1)c1ccc(O)cc1.Oc1cccc(O)c1. The lowest BCUT2D eigenvalue weighted by Crippen LogP contribution is -2.18. The first-order valence-electron chi connectivity index (χ1n) is 7.72. The van der Waals surface area contributed by atoms with Crippen LogP contribution in [0.15, 0.2) is 78.9 Å². The van der Waals surface area contributed by atoms with Gasteiger partial charge in [-0.1, -0.05) is 62.4 Å². The minimum atomic E-state index is -0.0328. The summed E-state index contributed by atoms with van der Waals surface area (Å²) in [6.45, 7) is 4.38. The Balaban J connectivity index is 0.000000219. The zero-order valence-corrected chi connectivity index (χ0v) is 13.8. The van der Waals surface area contributed by atoms with Gasteiger partial charge in [-0.05, 0) is 35.4 Å². The molecule has 3 rings (SSSR count). The molecule has 3 heteroatoms. The summed E-state index contributed by atoms with van der Waals surface area (Å²) in [7, 11) is 0. The van der Waals surface area contributed by atoms with Crippen LogP contribution in [-0.2, 0) is 5.41 Å². The predicted molar refractivity (Wildman–Crippen MR) is 96.4 cm³/mol. The van der Waals surface area contributed by atoms with Crippen molar-refractivity contribution in [3.05, 3.63) is 90.0 Å². The predicted octanol–water partition coefficient (Wildman–Crippen LogP) is 4.82. The fourth-order valence-corrected chi connectivity index (χ4v) is 2.39. The average molecular weight is 322 g/mol. The molecule has 124 valence electrons. The van der Waals surface area contributed by atoms with Crippen molar-refractivity contribution in [3.63, 3.8) is 0 Å². The normalized spacial score (nSPS) is 10.6. The van der Waals surface area contributed by atoms with E-state index in [1.165, 1.54) is 29.3 Å². The van der Waals surface area contributed by atoms with E-state index in [1.807, 2.05) is 18.2 Å². The van der Waals surface area contributed by atoms with Crippen LogP contribution in [0.1, 0.15) is 25.0 Å². The molecule has 0 spiro atoms. The van der Waals surface area contributed by atoms with Crippen LogP contribution in [0.3, 0.4) is 0 Å². The van der Waals surface area contributed by atoms with Crippen LogP contribution >= 0.6 is 0 Å². The number of rotatable bonds is 2. The summed E-state index contributed by atoms with van der Waals surface area (Å²) in [5.74, 6) is 0.489. The van der Waals surface area contributed by atoms with Crippen molar-refractivity contribution in [1.29, 1.82) is 0 Å². The van der Waals surface area contributed by atoms with Crippen molar-refractivity contribution >= 4 is 0 Å². The highest BCUT2D eigenvalue weighted by Gasteiger charge is 2.22. The van der Waals surface area contributed by atoms with Gasteiger partial charge in [0.1, 0.15) is 17.2 Å². The van der Waals surface area contributed by atoms with E-state index in [0.29, 0.717) is 5.75 Å². The maximum absolute atomic E-state index is 9.29. The Bertz CT molecular complexity index is 745. The molecule has 0 unspecified atom stereocenters. The van der Waals surface area contributed by atoms with E-state index in [1.54, 1.807) is 18.2 Å². The van der Waals surface area contributed by atoms with Crippen LogP contribution in [-0.4, -0.2) is 15.3 Å². The lowest BCUT2D eigenvalue weighted by molar-refractivity contribution is 0.450. The van der Waals surface area contributed by atoms with Crippen molar-refractivity contribution in [2.24, 2.45) is 0 Å². The quantitative estimate of drug-likeness (QED) is 0.634. The van der Waals surface area contributed by atoms with E-state index in [-0.39, 0.29) is 16.9 Å². The number of hydrogen-bond donors (Lipinski definition) is 3. The second kappa shape index (κ2) is 7.55. The highest BCUT2D eigenvalue weighted by molar-refractivity contribution is 5.39. The molecule has 0 aliphatic carbocycles. The molecule has 0 heterocycles. The summed E-state index contributed by atoms with van der Waals surface area (Å²) < 4.78 is 0. The van der Waals surface area contributed by atoms with Gasteiger partial charge >= 0.3 is 0 Å².